The smallest absolute Gasteiger partial charge is 0.232 e. The molecule has 0 fully saturated rings. The zero-order valence-corrected chi connectivity index (χ0v) is 10.1. The molecule has 8 heteroatoms. The molecule has 0 amide bonds. The fourth-order valence-corrected chi connectivity index (χ4v) is 2.48. The van der Waals surface area contributed by atoms with E-state index in [0.29, 0.717) is 6.07 Å². The number of benzene rings is 1. The Morgan fingerprint density at radius 2 is 1.82 bits per heavy atom. The first-order valence-electron chi connectivity index (χ1n) is 4.57. The van der Waals surface area contributed by atoms with E-state index in [1.165, 1.54) is 0 Å². The number of hydrogen-bond donors (Lipinski definition) is 1. The zero-order valence-electron chi connectivity index (χ0n) is 8.51. The molecule has 1 N–H and O–H groups in total. The summed E-state index contributed by atoms with van der Waals surface area (Å²) in [5.74, 6) is -4.87. The van der Waals surface area contributed by atoms with Crippen molar-refractivity contribution in [3.05, 3.63) is 29.6 Å². The van der Waals surface area contributed by atoms with Crippen molar-refractivity contribution >= 4 is 27.3 Å². The van der Waals surface area contributed by atoms with E-state index >= 15 is 0 Å². The molecule has 0 heterocycles. The minimum Gasteiger partial charge on any atom is -0.280 e. The van der Waals surface area contributed by atoms with Crippen molar-refractivity contribution in [2.45, 2.75) is 6.42 Å². The maximum absolute atomic E-state index is 13.1. The molecule has 0 radical (unpaired) electrons. The molecule has 17 heavy (non-hydrogen) atoms. The van der Waals surface area contributed by atoms with Gasteiger partial charge in [0.05, 0.1) is 11.4 Å². The number of sulfonamides is 1. The number of halogens is 4. The van der Waals surface area contributed by atoms with Crippen molar-refractivity contribution in [2.75, 3.05) is 16.4 Å². The lowest BCUT2D eigenvalue weighted by molar-refractivity contribution is 0.449. The van der Waals surface area contributed by atoms with Crippen LogP contribution < -0.4 is 4.72 Å². The Hall–Kier alpha value is -0.950. The molecule has 96 valence electrons. The molecule has 0 aliphatic heterocycles. The predicted molar refractivity (Wildman–Crippen MR) is 59.1 cm³/mol. The minimum absolute atomic E-state index is 0.126. The Kier molecular flexibility index (Phi) is 4.64. The van der Waals surface area contributed by atoms with Crippen LogP contribution >= 0.6 is 11.6 Å². The number of rotatable bonds is 5. The first-order valence-corrected chi connectivity index (χ1v) is 6.76. The van der Waals surface area contributed by atoms with Crippen LogP contribution in [-0.4, -0.2) is 20.1 Å². The number of anilines is 1. The van der Waals surface area contributed by atoms with Gasteiger partial charge in [-0.3, -0.25) is 4.72 Å². The quantitative estimate of drug-likeness (QED) is 0.668. The molecule has 0 saturated carbocycles. The lowest BCUT2D eigenvalue weighted by Gasteiger charge is -2.08. The number of nitrogens with one attached hydrogen (secondary N) is 1. The molecule has 0 aliphatic rings. The largest absolute Gasteiger partial charge is 0.280 e. The molecule has 1 aromatic rings. The van der Waals surface area contributed by atoms with Crippen LogP contribution in [0.2, 0.25) is 0 Å². The lowest BCUT2D eigenvalue weighted by atomic mass is 10.3. The van der Waals surface area contributed by atoms with Crippen molar-refractivity contribution in [2.24, 2.45) is 0 Å². The molecule has 0 aromatic heterocycles. The fourth-order valence-electron chi connectivity index (χ4n) is 1.07. The Balaban J connectivity index is 2.93. The molecule has 0 aliphatic carbocycles. The first kappa shape index (κ1) is 14.1. The van der Waals surface area contributed by atoms with E-state index in [0.717, 1.165) is 6.07 Å². The minimum atomic E-state index is -3.81. The first-order chi connectivity index (χ1) is 7.87. The summed E-state index contributed by atoms with van der Waals surface area (Å²) in [4.78, 5) is 0. The summed E-state index contributed by atoms with van der Waals surface area (Å²) in [6.45, 7) is 0. The molecular weight excluding hydrogens is 279 g/mol. The maximum atomic E-state index is 13.1. The Labute approximate surface area is 102 Å². The van der Waals surface area contributed by atoms with Crippen LogP contribution in [0.1, 0.15) is 6.42 Å². The maximum Gasteiger partial charge on any atom is 0.232 e. The van der Waals surface area contributed by atoms with Crippen LogP contribution in [-0.2, 0) is 10.0 Å². The van der Waals surface area contributed by atoms with Gasteiger partial charge >= 0.3 is 0 Å². The second kappa shape index (κ2) is 5.59. The van der Waals surface area contributed by atoms with Crippen molar-refractivity contribution in [3.63, 3.8) is 0 Å². The molecule has 3 nitrogen and oxygen atoms in total. The van der Waals surface area contributed by atoms with Crippen molar-refractivity contribution < 1.29 is 21.6 Å². The number of hydrogen-bond acceptors (Lipinski definition) is 2. The fraction of sp³-hybridized carbons (Fsp3) is 0.333. The summed E-state index contributed by atoms with van der Waals surface area (Å²) in [5, 5.41) is 0. The third-order valence-corrected chi connectivity index (χ3v) is 3.47. The number of alkyl halides is 1. The van der Waals surface area contributed by atoms with Gasteiger partial charge in [-0.25, -0.2) is 21.6 Å². The Morgan fingerprint density at radius 1 is 1.18 bits per heavy atom. The van der Waals surface area contributed by atoms with E-state index in [1.807, 2.05) is 4.72 Å². The van der Waals surface area contributed by atoms with E-state index in [-0.39, 0.29) is 18.1 Å². The van der Waals surface area contributed by atoms with Gasteiger partial charge in [0, 0.05) is 5.88 Å². The highest BCUT2D eigenvalue weighted by molar-refractivity contribution is 7.92. The third kappa shape index (κ3) is 3.78. The van der Waals surface area contributed by atoms with Crippen LogP contribution in [0.4, 0.5) is 18.9 Å². The van der Waals surface area contributed by atoms with Gasteiger partial charge < -0.3 is 0 Å². The molecule has 1 aromatic carbocycles. The van der Waals surface area contributed by atoms with Gasteiger partial charge in [0.1, 0.15) is 0 Å². The highest BCUT2D eigenvalue weighted by Crippen LogP contribution is 2.20. The van der Waals surface area contributed by atoms with Crippen molar-refractivity contribution in [1.29, 1.82) is 0 Å². The summed E-state index contributed by atoms with van der Waals surface area (Å²) in [5.41, 5.74) is -0.626. The van der Waals surface area contributed by atoms with Gasteiger partial charge in [0.25, 0.3) is 0 Å². The molecule has 0 unspecified atom stereocenters. The molecular formula is C9H9ClF3NO2S. The van der Waals surface area contributed by atoms with Gasteiger partial charge in [-0.15, -0.1) is 11.6 Å². The van der Waals surface area contributed by atoms with E-state index in [4.69, 9.17) is 11.6 Å². The topological polar surface area (TPSA) is 46.2 Å². The second-order valence-electron chi connectivity index (χ2n) is 3.19. The average Bonchev–Trinajstić information content (AvgIpc) is 2.27. The van der Waals surface area contributed by atoms with E-state index in [2.05, 4.69) is 0 Å². The lowest BCUT2D eigenvalue weighted by Crippen LogP contribution is -2.18. The summed E-state index contributed by atoms with van der Waals surface area (Å²) in [7, 11) is -3.81. The third-order valence-electron chi connectivity index (χ3n) is 1.85. The van der Waals surface area contributed by atoms with E-state index in [1.54, 1.807) is 0 Å². The molecule has 0 bridgehead atoms. The monoisotopic (exact) mass is 287 g/mol. The summed E-state index contributed by atoms with van der Waals surface area (Å²) < 4.78 is 63.1. The summed E-state index contributed by atoms with van der Waals surface area (Å²) in [6.07, 6.45) is 0.169. The van der Waals surface area contributed by atoms with Gasteiger partial charge in [0.15, 0.2) is 17.5 Å². The van der Waals surface area contributed by atoms with E-state index < -0.39 is 33.2 Å². The normalized spacial score (nSPS) is 11.5. The zero-order chi connectivity index (χ0) is 13.1. The van der Waals surface area contributed by atoms with Crippen LogP contribution in [0.25, 0.3) is 0 Å². The highest BCUT2D eigenvalue weighted by atomic mass is 35.5. The van der Waals surface area contributed by atoms with Gasteiger partial charge in [-0.1, -0.05) is 0 Å². The van der Waals surface area contributed by atoms with Gasteiger partial charge in [-0.2, -0.15) is 0 Å². The van der Waals surface area contributed by atoms with Crippen molar-refractivity contribution in [1.82, 2.24) is 0 Å². The van der Waals surface area contributed by atoms with E-state index in [9.17, 15) is 21.6 Å². The summed E-state index contributed by atoms with van der Waals surface area (Å²) >= 11 is 5.31. The van der Waals surface area contributed by atoms with Gasteiger partial charge in [0.2, 0.25) is 10.0 Å². The standard InChI is InChI=1S/C9H9ClF3NO2S/c10-4-1-5-17(15,16)14-7-3-2-6(11)8(12)9(7)13/h2-3,14H,1,4-5H2. The van der Waals surface area contributed by atoms with Gasteiger partial charge in [-0.05, 0) is 18.6 Å². The molecule has 1 rings (SSSR count). The molecule has 0 spiro atoms. The second-order valence-corrected chi connectivity index (χ2v) is 5.41. The molecule has 0 saturated heterocycles. The van der Waals surface area contributed by atoms with Crippen LogP contribution in [0.5, 0.6) is 0 Å². The Bertz CT molecular complexity index is 507. The predicted octanol–water partition coefficient (Wildman–Crippen LogP) is 2.47. The molecule has 0 atom stereocenters. The highest BCUT2D eigenvalue weighted by Gasteiger charge is 2.17. The van der Waals surface area contributed by atoms with Crippen LogP contribution in [0.3, 0.4) is 0 Å². The van der Waals surface area contributed by atoms with Crippen molar-refractivity contribution in [3.8, 4) is 0 Å². The Morgan fingerprint density at radius 3 is 2.41 bits per heavy atom. The SMILES string of the molecule is O=S(=O)(CCCCl)Nc1ccc(F)c(F)c1F. The van der Waals surface area contributed by atoms with Crippen LogP contribution in [0, 0.1) is 17.5 Å². The van der Waals surface area contributed by atoms with Crippen LogP contribution in [0.15, 0.2) is 12.1 Å². The average molecular weight is 288 g/mol. The summed E-state index contributed by atoms with van der Waals surface area (Å²) in [6, 6.07) is 1.45.